The Kier molecular flexibility index (Phi) is 6.44. The molecule has 0 aliphatic heterocycles. The maximum absolute atomic E-state index is 6.13. The molecule has 0 aromatic heterocycles. The predicted molar refractivity (Wildman–Crippen MR) is 118 cm³/mol. The van der Waals surface area contributed by atoms with Crippen LogP contribution in [0.4, 0.5) is 0 Å². The van der Waals surface area contributed by atoms with Crippen LogP contribution >= 0.6 is 31.4 Å². The monoisotopic (exact) mass is 416 g/mol. The molecule has 0 spiro atoms. The third-order valence-corrected chi connectivity index (χ3v) is 5.63. The molecule has 5 heteroatoms. The van der Waals surface area contributed by atoms with Gasteiger partial charge in [0.15, 0.2) is 0 Å². The summed E-state index contributed by atoms with van der Waals surface area (Å²) in [6, 6.07) is 20.2. The minimum atomic E-state index is 0.283. The highest BCUT2D eigenvalue weighted by atomic mass is 35.5. The van der Waals surface area contributed by atoms with Gasteiger partial charge in [-0.25, -0.2) is 0 Å². The van der Waals surface area contributed by atoms with Crippen LogP contribution in [0.3, 0.4) is 0 Å². The van der Waals surface area contributed by atoms with Crippen molar-refractivity contribution in [2.45, 2.75) is 6.92 Å². The summed E-state index contributed by atoms with van der Waals surface area (Å²) in [6.45, 7) is 2.07. The molecule has 3 aromatic rings. The van der Waals surface area contributed by atoms with Crippen LogP contribution in [0.5, 0.6) is 11.5 Å². The summed E-state index contributed by atoms with van der Waals surface area (Å²) in [6.07, 6.45) is 0. The van der Waals surface area contributed by atoms with E-state index in [2.05, 4.69) is 19.1 Å². The van der Waals surface area contributed by atoms with Crippen molar-refractivity contribution in [3.63, 3.8) is 0 Å². The molecule has 3 aromatic carbocycles. The van der Waals surface area contributed by atoms with Crippen molar-refractivity contribution < 1.29 is 9.47 Å². The van der Waals surface area contributed by atoms with Crippen LogP contribution < -0.4 is 14.8 Å². The summed E-state index contributed by atoms with van der Waals surface area (Å²) >= 11 is 12.3. The number of hydrogen-bond donors (Lipinski definition) is 0. The lowest BCUT2D eigenvalue weighted by atomic mass is 9.95. The van der Waals surface area contributed by atoms with E-state index in [1.807, 2.05) is 48.5 Å². The Morgan fingerprint density at radius 2 is 1.19 bits per heavy atom. The maximum atomic E-state index is 6.13. The quantitative estimate of drug-likeness (QED) is 0.442. The van der Waals surface area contributed by atoms with E-state index in [1.165, 1.54) is 0 Å². The Bertz CT molecular complexity index is 927. The zero-order valence-corrected chi connectivity index (χ0v) is 17.7. The molecule has 0 heterocycles. The van der Waals surface area contributed by atoms with E-state index in [0.29, 0.717) is 0 Å². The lowest BCUT2D eigenvalue weighted by Crippen LogP contribution is -2.07. The molecule has 0 unspecified atom stereocenters. The molecule has 0 saturated carbocycles. The van der Waals surface area contributed by atoms with Crippen LogP contribution in [0, 0.1) is 6.92 Å². The van der Waals surface area contributed by atoms with Gasteiger partial charge in [-0.1, -0.05) is 71.7 Å². The average Bonchev–Trinajstić information content (AvgIpc) is 2.68. The molecule has 0 aliphatic rings. The van der Waals surface area contributed by atoms with Crippen molar-refractivity contribution >= 4 is 40.9 Å². The van der Waals surface area contributed by atoms with E-state index in [-0.39, 0.29) is 4.21 Å². The third-order valence-electron chi connectivity index (χ3n) is 4.24. The van der Waals surface area contributed by atoms with Crippen molar-refractivity contribution in [1.29, 1.82) is 0 Å². The van der Waals surface area contributed by atoms with Gasteiger partial charge in [0, 0.05) is 16.4 Å². The minimum absolute atomic E-state index is 0.283. The molecule has 0 atom stereocenters. The van der Waals surface area contributed by atoms with Gasteiger partial charge in [-0.05, 0) is 44.0 Å². The van der Waals surface area contributed by atoms with Gasteiger partial charge in [0.25, 0.3) is 0 Å². The Hall–Kier alpha value is -1.99. The van der Waals surface area contributed by atoms with Crippen LogP contribution in [0.1, 0.15) is 5.56 Å². The zero-order valence-electron chi connectivity index (χ0n) is 15.3. The topological polar surface area (TPSA) is 18.5 Å². The Morgan fingerprint density at radius 1 is 0.741 bits per heavy atom. The van der Waals surface area contributed by atoms with Gasteiger partial charge in [-0.15, -0.1) is 0 Å². The first kappa shape index (κ1) is 19.8. The number of para-hydroxylation sites is 2. The molecule has 0 fully saturated rings. The number of halogens is 2. The van der Waals surface area contributed by atoms with Gasteiger partial charge in [-0.2, -0.15) is 0 Å². The van der Waals surface area contributed by atoms with Gasteiger partial charge in [0.05, 0.1) is 14.2 Å². The van der Waals surface area contributed by atoms with Crippen LogP contribution in [-0.2, 0) is 0 Å². The van der Waals surface area contributed by atoms with Gasteiger partial charge >= 0.3 is 0 Å². The van der Waals surface area contributed by atoms with Crippen molar-refractivity contribution in [2.24, 2.45) is 0 Å². The van der Waals surface area contributed by atoms with Gasteiger partial charge < -0.3 is 9.47 Å². The minimum Gasteiger partial charge on any atom is -0.496 e. The largest absolute Gasteiger partial charge is 0.496 e. The summed E-state index contributed by atoms with van der Waals surface area (Å²) in [5.41, 5.74) is 5.19. The molecule has 0 bridgehead atoms. The molecular formula is C22H19Cl2O2P. The van der Waals surface area contributed by atoms with E-state index in [4.69, 9.17) is 32.7 Å². The average molecular weight is 417 g/mol. The molecule has 0 saturated heterocycles. The normalized spacial score (nSPS) is 10.7. The van der Waals surface area contributed by atoms with Gasteiger partial charge in [0.2, 0.25) is 0 Å². The fourth-order valence-corrected chi connectivity index (χ4v) is 4.42. The first-order chi connectivity index (χ1) is 13.0. The zero-order chi connectivity index (χ0) is 19.4. The molecular weight excluding hydrogens is 398 g/mol. The van der Waals surface area contributed by atoms with E-state index in [1.54, 1.807) is 14.2 Å². The molecule has 27 heavy (non-hydrogen) atoms. The molecule has 0 radical (unpaired) electrons. The molecule has 0 N–H and O–H groups in total. The highest BCUT2D eigenvalue weighted by Crippen LogP contribution is 2.37. The van der Waals surface area contributed by atoms with Crippen LogP contribution in [-0.4, -0.2) is 18.4 Å². The lowest BCUT2D eigenvalue weighted by Gasteiger charge is -2.17. The van der Waals surface area contributed by atoms with E-state index in [0.717, 1.165) is 52.8 Å². The standard InChI is InChI=1S/C22H19Cl2O2P/c1-14-12-17(15-8-4-6-10-19(15)25-2)21(27-22(23)24)18(13-14)16-9-5-7-11-20(16)26-3/h4-13H,1-3H3. The van der Waals surface area contributed by atoms with Gasteiger partial charge in [-0.3, -0.25) is 0 Å². The second kappa shape index (κ2) is 8.80. The number of methoxy groups -OCH3 is 2. The molecule has 3 rings (SSSR count). The van der Waals surface area contributed by atoms with Crippen LogP contribution in [0.25, 0.3) is 22.3 Å². The molecule has 0 aliphatic carbocycles. The number of hydrogen-bond acceptors (Lipinski definition) is 2. The van der Waals surface area contributed by atoms with Crippen LogP contribution in [0.2, 0.25) is 0 Å². The fraction of sp³-hybridized carbons (Fsp3) is 0.136. The fourth-order valence-electron chi connectivity index (χ4n) is 3.13. The maximum Gasteiger partial charge on any atom is 0.133 e. The first-order valence-electron chi connectivity index (χ1n) is 8.36. The van der Waals surface area contributed by atoms with E-state index in [9.17, 15) is 0 Å². The lowest BCUT2D eigenvalue weighted by molar-refractivity contribution is 0.416. The highest BCUT2D eigenvalue weighted by Gasteiger charge is 2.17. The summed E-state index contributed by atoms with van der Waals surface area (Å²) in [7, 11) is 4.08. The summed E-state index contributed by atoms with van der Waals surface area (Å²) in [4.78, 5) is 0. The molecule has 138 valence electrons. The highest BCUT2D eigenvalue weighted by molar-refractivity contribution is 7.59. The Balaban J connectivity index is 2.39. The SMILES string of the molecule is COc1ccccc1-c1cc(C)cc(-c2ccccc2OC)c1P=C(Cl)Cl. The summed E-state index contributed by atoms with van der Waals surface area (Å²) in [5, 5.41) is 1.01. The van der Waals surface area contributed by atoms with Crippen molar-refractivity contribution in [3.8, 4) is 33.8 Å². The van der Waals surface area contributed by atoms with Crippen molar-refractivity contribution in [3.05, 3.63) is 66.2 Å². The second-order valence-electron chi connectivity index (χ2n) is 5.96. The molecule has 2 nitrogen and oxygen atoms in total. The van der Waals surface area contributed by atoms with Crippen molar-refractivity contribution in [2.75, 3.05) is 14.2 Å². The Labute approximate surface area is 171 Å². The second-order valence-corrected chi connectivity index (χ2v) is 8.56. The number of benzene rings is 3. The number of aryl methyl sites for hydroxylation is 1. The third kappa shape index (κ3) is 4.30. The first-order valence-corrected chi connectivity index (χ1v) is 10.0. The number of rotatable bonds is 5. The van der Waals surface area contributed by atoms with E-state index >= 15 is 0 Å². The van der Waals surface area contributed by atoms with Crippen LogP contribution in [0.15, 0.2) is 60.7 Å². The predicted octanol–water partition coefficient (Wildman–Crippen LogP) is 6.48. The van der Waals surface area contributed by atoms with Crippen molar-refractivity contribution in [1.82, 2.24) is 0 Å². The van der Waals surface area contributed by atoms with Gasteiger partial charge in [0.1, 0.15) is 15.7 Å². The summed E-state index contributed by atoms with van der Waals surface area (Å²) in [5.74, 6) is 1.60. The summed E-state index contributed by atoms with van der Waals surface area (Å²) < 4.78 is 11.5. The van der Waals surface area contributed by atoms with E-state index < -0.39 is 0 Å². The Morgan fingerprint density at radius 3 is 1.59 bits per heavy atom. The smallest absolute Gasteiger partial charge is 0.133 e. The number of ether oxygens (including phenoxy) is 2. The molecule has 0 amide bonds.